The zero-order valence-electron chi connectivity index (χ0n) is 6.76. The maximum Gasteiger partial charge on any atom is 0.330 e. The van der Waals surface area contributed by atoms with Gasteiger partial charge in [0.15, 0.2) is 10.9 Å². The minimum Gasteiger partial charge on any atom is -0.258 e. The number of fused-ring (bicyclic) bond motifs is 1. The van der Waals surface area contributed by atoms with Gasteiger partial charge in [-0.05, 0) is 6.92 Å². The van der Waals surface area contributed by atoms with Gasteiger partial charge in [-0.25, -0.2) is 0 Å². The third kappa shape index (κ3) is 1.01. The SMILES string of the molecule is Cc1c([N+](=O)[O-])ccc2nn[nH][n+]12. The average Bonchev–Trinajstić information content (AvgIpc) is 2.52. The summed E-state index contributed by atoms with van der Waals surface area (Å²) < 4.78 is 1.46. The molecule has 1 N–H and O–H groups in total. The van der Waals surface area contributed by atoms with E-state index in [1.54, 1.807) is 6.92 Å². The Balaban J connectivity index is 2.80. The van der Waals surface area contributed by atoms with Gasteiger partial charge < -0.3 is 0 Å². The molecule has 66 valence electrons. The molecule has 0 saturated heterocycles. The topological polar surface area (TPSA) is 88.8 Å². The first-order chi connectivity index (χ1) is 6.20. The van der Waals surface area contributed by atoms with Crippen molar-refractivity contribution in [3.8, 4) is 0 Å². The van der Waals surface area contributed by atoms with Crippen LogP contribution in [0.3, 0.4) is 0 Å². The molecule has 0 spiro atoms. The molecule has 13 heavy (non-hydrogen) atoms. The number of nitro groups is 1. The highest BCUT2D eigenvalue weighted by atomic mass is 16.6. The molecule has 0 bridgehead atoms. The predicted molar refractivity (Wildman–Crippen MR) is 40.9 cm³/mol. The quantitative estimate of drug-likeness (QED) is 0.372. The summed E-state index contributed by atoms with van der Waals surface area (Å²) in [6.45, 7) is 1.63. The molecule has 0 saturated carbocycles. The Morgan fingerprint density at radius 1 is 1.62 bits per heavy atom. The Labute approximate surface area is 72.1 Å². The lowest BCUT2D eigenvalue weighted by atomic mass is 10.3. The molecule has 2 aromatic heterocycles. The maximum absolute atomic E-state index is 10.5. The van der Waals surface area contributed by atoms with Gasteiger partial charge in [0.2, 0.25) is 0 Å². The summed E-state index contributed by atoms with van der Waals surface area (Å²) in [6, 6.07) is 2.95. The molecule has 0 aliphatic rings. The molecule has 0 atom stereocenters. The lowest BCUT2D eigenvalue weighted by Gasteiger charge is -1.92. The smallest absolute Gasteiger partial charge is 0.258 e. The normalized spacial score (nSPS) is 10.5. The fraction of sp³-hybridized carbons (Fsp3) is 0.167. The number of aromatic amines is 1. The van der Waals surface area contributed by atoms with E-state index in [9.17, 15) is 10.1 Å². The van der Waals surface area contributed by atoms with Crippen LogP contribution < -0.4 is 4.52 Å². The van der Waals surface area contributed by atoms with Gasteiger partial charge in [-0.2, -0.15) is 0 Å². The molecule has 0 aliphatic carbocycles. The van der Waals surface area contributed by atoms with E-state index in [4.69, 9.17) is 0 Å². The second-order valence-corrected chi connectivity index (χ2v) is 2.55. The summed E-state index contributed by atoms with van der Waals surface area (Å²) in [5, 5.41) is 20.3. The van der Waals surface area contributed by atoms with E-state index in [1.807, 2.05) is 0 Å². The van der Waals surface area contributed by atoms with Gasteiger partial charge in [0.25, 0.3) is 0 Å². The van der Waals surface area contributed by atoms with Crippen molar-refractivity contribution in [3.05, 3.63) is 27.9 Å². The number of tetrazole rings is 1. The van der Waals surface area contributed by atoms with Crippen molar-refractivity contribution in [3.63, 3.8) is 0 Å². The largest absolute Gasteiger partial charge is 0.330 e. The van der Waals surface area contributed by atoms with Gasteiger partial charge in [0.1, 0.15) is 5.10 Å². The number of aryl methyl sites for hydroxylation is 1. The zero-order valence-corrected chi connectivity index (χ0v) is 6.76. The molecule has 0 amide bonds. The van der Waals surface area contributed by atoms with Crippen LogP contribution in [0.25, 0.3) is 5.65 Å². The Morgan fingerprint density at radius 2 is 2.38 bits per heavy atom. The minimum absolute atomic E-state index is 0.0450. The van der Waals surface area contributed by atoms with E-state index in [0.29, 0.717) is 11.3 Å². The molecule has 2 aromatic rings. The van der Waals surface area contributed by atoms with E-state index in [-0.39, 0.29) is 5.69 Å². The van der Waals surface area contributed by atoms with Gasteiger partial charge in [-0.1, -0.05) is 5.21 Å². The number of aromatic nitrogens is 4. The summed E-state index contributed by atoms with van der Waals surface area (Å²) in [5.41, 5.74) is 1.08. The first kappa shape index (κ1) is 7.59. The van der Waals surface area contributed by atoms with Crippen LogP contribution in [0.4, 0.5) is 5.69 Å². The number of hydrogen-bond acceptors (Lipinski definition) is 4. The third-order valence-corrected chi connectivity index (χ3v) is 1.82. The molecular formula is C6H6N5O2+. The molecule has 0 aliphatic heterocycles. The standard InChI is InChI=1S/C6H5N5O2/c1-4-5(11(12)13)2-3-6-7-8-9-10(4)6/h2-3H,1H3/p+1. The monoisotopic (exact) mass is 180 g/mol. The first-order valence-electron chi connectivity index (χ1n) is 3.57. The van der Waals surface area contributed by atoms with E-state index in [2.05, 4.69) is 15.5 Å². The number of nitrogens with zero attached hydrogens (tertiary/aromatic N) is 4. The van der Waals surface area contributed by atoms with Crippen LogP contribution in [0, 0.1) is 17.0 Å². The van der Waals surface area contributed by atoms with E-state index in [0.717, 1.165) is 0 Å². The summed E-state index contributed by atoms with van der Waals surface area (Å²) in [6.07, 6.45) is 0. The van der Waals surface area contributed by atoms with Gasteiger partial charge in [-0.15, -0.1) is 4.52 Å². The Morgan fingerprint density at radius 3 is 3.08 bits per heavy atom. The lowest BCUT2D eigenvalue weighted by Crippen LogP contribution is -2.28. The van der Waals surface area contributed by atoms with E-state index >= 15 is 0 Å². The molecule has 0 fully saturated rings. The number of pyridine rings is 1. The highest BCUT2D eigenvalue weighted by Gasteiger charge is 2.18. The molecule has 0 radical (unpaired) electrons. The van der Waals surface area contributed by atoms with Crippen LogP contribution in [0.5, 0.6) is 0 Å². The Hall–Kier alpha value is -2.05. The average molecular weight is 180 g/mol. The second kappa shape index (κ2) is 2.47. The molecule has 2 rings (SSSR count). The number of nitrogens with one attached hydrogen (secondary N) is 1. The van der Waals surface area contributed by atoms with Crippen molar-refractivity contribution in [1.82, 2.24) is 15.5 Å². The van der Waals surface area contributed by atoms with Crippen LogP contribution in [0.1, 0.15) is 5.69 Å². The van der Waals surface area contributed by atoms with Crippen LogP contribution in [0.15, 0.2) is 12.1 Å². The highest BCUT2D eigenvalue weighted by Crippen LogP contribution is 2.12. The Kier molecular flexibility index (Phi) is 1.44. The molecule has 0 aromatic carbocycles. The van der Waals surface area contributed by atoms with Gasteiger partial charge in [0.05, 0.1) is 4.92 Å². The summed E-state index contributed by atoms with van der Waals surface area (Å²) in [4.78, 5) is 10.1. The fourth-order valence-electron chi connectivity index (χ4n) is 1.15. The molecular weight excluding hydrogens is 174 g/mol. The van der Waals surface area contributed by atoms with Gasteiger partial charge in [0, 0.05) is 12.1 Å². The van der Waals surface area contributed by atoms with Crippen LogP contribution >= 0.6 is 0 Å². The highest BCUT2D eigenvalue weighted by molar-refractivity contribution is 5.38. The van der Waals surface area contributed by atoms with Gasteiger partial charge in [-0.3, -0.25) is 10.1 Å². The van der Waals surface area contributed by atoms with Crippen LogP contribution in [-0.2, 0) is 0 Å². The number of hydrogen-bond donors (Lipinski definition) is 1. The van der Waals surface area contributed by atoms with Crippen molar-refractivity contribution < 1.29 is 9.44 Å². The maximum atomic E-state index is 10.5. The Bertz CT molecular complexity index is 477. The second-order valence-electron chi connectivity index (χ2n) is 2.55. The molecule has 0 unspecified atom stereocenters. The van der Waals surface area contributed by atoms with Crippen molar-refractivity contribution in [1.29, 1.82) is 0 Å². The molecule has 2 heterocycles. The van der Waals surface area contributed by atoms with Crippen LogP contribution in [0.2, 0.25) is 0 Å². The lowest BCUT2D eigenvalue weighted by molar-refractivity contribution is -0.594. The van der Waals surface area contributed by atoms with Crippen molar-refractivity contribution >= 4 is 11.3 Å². The number of H-pyrrole nitrogens is 1. The van der Waals surface area contributed by atoms with E-state index in [1.165, 1.54) is 16.6 Å². The van der Waals surface area contributed by atoms with Crippen molar-refractivity contribution in [2.45, 2.75) is 6.92 Å². The summed E-state index contributed by atoms with van der Waals surface area (Å²) in [5.74, 6) is 0. The van der Waals surface area contributed by atoms with E-state index < -0.39 is 4.92 Å². The van der Waals surface area contributed by atoms with Crippen LogP contribution in [-0.4, -0.2) is 20.4 Å². The zero-order chi connectivity index (χ0) is 9.42. The minimum atomic E-state index is -0.442. The summed E-state index contributed by atoms with van der Waals surface area (Å²) >= 11 is 0. The van der Waals surface area contributed by atoms with Crippen molar-refractivity contribution in [2.24, 2.45) is 0 Å². The first-order valence-corrected chi connectivity index (χ1v) is 3.57. The van der Waals surface area contributed by atoms with Gasteiger partial charge >= 0.3 is 11.3 Å². The predicted octanol–water partition coefficient (Wildman–Crippen LogP) is -0.240. The third-order valence-electron chi connectivity index (χ3n) is 1.82. The number of rotatable bonds is 1. The molecule has 7 heteroatoms. The van der Waals surface area contributed by atoms with Crippen molar-refractivity contribution in [2.75, 3.05) is 0 Å². The molecule has 7 nitrogen and oxygen atoms in total. The fourth-order valence-corrected chi connectivity index (χ4v) is 1.15. The summed E-state index contributed by atoms with van der Waals surface area (Å²) in [7, 11) is 0.